The predicted octanol–water partition coefficient (Wildman–Crippen LogP) is 1.08. The summed E-state index contributed by atoms with van der Waals surface area (Å²) in [7, 11) is -2.96. The van der Waals surface area contributed by atoms with E-state index in [2.05, 4.69) is 4.98 Å². The minimum absolute atomic E-state index is 0.0518. The molecule has 0 N–H and O–H groups in total. The van der Waals surface area contributed by atoms with Crippen LogP contribution in [0, 0.1) is 0 Å². The fourth-order valence-corrected chi connectivity index (χ4v) is 3.17. The largest absolute Gasteiger partial charge is 0.337 e. The van der Waals surface area contributed by atoms with Crippen LogP contribution in [0.25, 0.3) is 0 Å². The van der Waals surface area contributed by atoms with Crippen molar-refractivity contribution >= 4 is 15.7 Å². The van der Waals surface area contributed by atoms with Gasteiger partial charge < -0.3 is 4.90 Å². The molecule has 1 amide bonds. The smallest absolute Gasteiger partial charge is 0.255 e. The molecule has 0 spiro atoms. The summed E-state index contributed by atoms with van der Waals surface area (Å²) in [5.41, 5.74) is 1.46. The maximum atomic E-state index is 12.2. The molecule has 1 aromatic rings. The fourth-order valence-electron chi connectivity index (χ4n) is 1.97. The third-order valence-electron chi connectivity index (χ3n) is 3.26. The van der Waals surface area contributed by atoms with Crippen LogP contribution in [-0.2, 0) is 9.84 Å². The second-order valence-electron chi connectivity index (χ2n) is 5.07. The summed E-state index contributed by atoms with van der Waals surface area (Å²) < 4.78 is 22.6. The number of sulfone groups is 1. The Morgan fingerprint density at radius 3 is 2.37 bits per heavy atom. The number of nitrogens with zero attached hydrogens (tertiary/aromatic N) is 2. The van der Waals surface area contributed by atoms with Crippen LogP contribution >= 0.6 is 0 Å². The molecule has 104 valence electrons. The van der Waals surface area contributed by atoms with Crippen LogP contribution in [0.1, 0.15) is 35.8 Å². The molecule has 6 heteroatoms. The van der Waals surface area contributed by atoms with E-state index in [1.807, 2.05) is 19.9 Å². The Labute approximate surface area is 113 Å². The van der Waals surface area contributed by atoms with E-state index in [1.54, 1.807) is 17.2 Å². The van der Waals surface area contributed by atoms with E-state index in [0.717, 1.165) is 5.69 Å². The minimum atomic E-state index is -2.96. The Balaban J connectivity index is 2.08. The molecule has 1 aromatic heterocycles. The van der Waals surface area contributed by atoms with Gasteiger partial charge in [-0.2, -0.15) is 0 Å². The molecule has 2 rings (SSSR count). The number of rotatable bonds is 2. The highest BCUT2D eigenvalue weighted by Crippen LogP contribution is 2.13. The second kappa shape index (κ2) is 5.28. The average molecular weight is 282 g/mol. The molecule has 19 heavy (non-hydrogen) atoms. The third kappa shape index (κ3) is 3.32. The molecular formula is C13H18N2O3S. The lowest BCUT2D eigenvalue weighted by Gasteiger charge is -2.26. The van der Waals surface area contributed by atoms with Gasteiger partial charge in [0.25, 0.3) is 5.91 Å². The van der Waals surface area contributed by atoms with Gasteiger partial charge in [-0.25, -0.2) is 8.42 Å². The van der Waals surface area contributed by atoms with Crippen molar-refractivity contribution in [2.45, 2.75) is 19.8 Å². The molecule has 0 atom stereocenters. The van der Waals surface area contributed by atoms with Gasteiger partial charge in [0.1, 0.15) is 0 Å². The van der Waals surface area contributed by atoms with Crippen molar-refractivity contribution in [2.24, 2.45) is 0 Å². The van der Waals surface area contributed by atoms with E-state index in [1.165, 1.54) is 0 Å². The first kappa shape index (κ1) is 14.0. The first-order valence-corrected chi connectivity index (χ1v) is 8.17. The zero-order chi connectivity index (χ0) is 14.0. The Bertz CT molecular complexity index is 550. The number of carbonyl (C=O) groups is 1. The molecule has 5 nitrogen and oxygen atoms in total. The van der Waals surface area contributed by atoms with Crippen LogP contribution in [0.4, 0.5) is 0 Å². The topological polar surface area (TPSA) is 67.3 Å². The highest BCUT2D eigenvalue weighted by molar-refractivity contribution is 7.91. The van der Waals surface area contributed by atoms with E-state index in [0.29, 0.717) is 11.5 Å². The fraction of sp³-hybridized carbons (Fsp3) is 0.538. The lowest BCUT2D eigenvalue weighted by Crippen LogP contribution is -2.43. The molecule has 0 aromatic carbocycles. The zero-order valence-electron chi connectivity index (χ0n) is 11.2. The number of hydrogen-bond donors (Lipinski definition) is 0. The first-order chi connectivity index (χ1) is 8.89. The van der Waals surface area contributed by atoms with Gasteiger partial charge in [0.2, 0.25) is 0 Å². The van der Waals surface area contributed by atoms with Crippen molar-refractivity contribution in [2.75, 3.05) is 24.6 Å². The molecule has 1 aliphatic heterocycles. The van der Waals surface area contributed by atoms with Gasteiger partial charge >= 0.3 is 0 Å². The van der Waals surface area contributed by atoms with Gasteiger partial charge in [0.05, 0.1) is 17.1 Å². The summed E-state index contributed by atoms with van der Waals surface area (Å²) in [6.07, 6.45) is 1.57. The van der Waals surface area contributed by atoms with Crippen LogP contribution in [0.2, 0.25) is 0 Å². The van der Waals surface area contributed by atoms with Gasteiger partial charge in [0, 0.05) is 25.0 Å². The van der Waals surface area contributed by atoms with E-state index in [4.69, 9.17) is 0 Å². The summed E-state index contributed by atoms with van der Waals surface area (Å²) >= 11 is 0. The normalized spacial score (nSPS) is 18.6. The summed E-state index contributed by atoms with van der Waals surface area (Å²) in [6, 6.07) is 3.60. The Kier molecular flexibility index (Phi) is 3.89. The number of hydrogen-bond acceptors (Lipinski definition) is 4. The van der Waals surface area contributed by atoms with Crippen LogP contribution in [0.15, 0.2) is 18.3 Å². The molecule has 2 heterocycles. The second-order valence-corrected chi connectivity index (χ2v) is 7.37. The number of carbonyl (C=O) groups excluding carboxylic acids is 1. The Morgan fingerprint density at radius 1 is 1.26 bits per heavy atom. The molecule has 1 fully saturated rings. The highest BCUT2D eigenvalue weighted by atomic mass is 32.2. The SMILES string of the molecule is CC(C)c1ccc(C(=O)N2CCS(=O)(=O)CC2)cn1. The minimum Gasteiger partial charge on any atom is -0.337 e. The molecule has 0 saturated carbocycles. The number of aromatic nitrogens is 1. The predicted molar refractivity (Wildman–Crippen MR) is 72.9 cm³/mol. The molecule has 0 bridgehead atoms. The van der Waals surface area contributed by atoms with Crippen LogP contribution in [-0.4, -0.2) is 48.8 Å². The maximum absolute atomic E-state index is 12.2. The van der Waals surface area contributed by atoms with Crippen molar-refractivity contribution in [1.82, 2.24) is 9.88 Å². The first-order valence-electron chi connectivity index (χ1n) is 6.35. The zero-order valence-corrected chi connectivity index (χ0v) is 12.0. The van der Waals surface area contributed by atoms with Gasteiger partial charge in [-0.15, -0.1) is 0 Å². The quantitative estimate of drug-likeness (QED) is 0.814. The molecule has 0 radical (unpaired) electrons. The molecule has 0 unspecified atom stereocenters. The molecule has 0 aliphatic carbocycles. The average Bonchev–Trinajstić information content (AvgIpc) is 2.38. The van der Waals surface area contributed by atoms with Gasteiger partial charge in [-0.05, 0) is 18.1 Å². The third-order valence-corrected chi connectivity index (χ3v) is 4.87. The van der Waals surface area contributed by atoms with E-state index < -0.39 is 9.84 Å². The Hall–Kier alpha value is -1.43. The van der Waals surface area contributed by atoms with Crippen molar-refractivity contribution in [1.29, 1.82) is 0 Å². The number of pyridine rings is 1. The summed E-state index contributed by atoms with van der Waals surface area (Å²) in [5.74, 6) is 0.286. The lowest BCUT2D eigenvalue weighted by molar-refractivity contribution is 0.0770. The maximum Gasteiger partial charge on any atom is 0.255 e. The van der Waals surface area contributed by atoms with Crippen LogP contribution in [0.3, 0.4) is 0 Å². The summed E-state index contributed by atoms with van der Waals surface area (Å²) in [6.45, 7) is 4.62. The van der Waals surface area contributed by atoms with Crippen molar-refractivity contribution in [3.8, 4) is 0 Å². The standard InChI is InChI=1S/C13H18N2O3S/c1-10(2)12-4-3-11(9-14-12)13(16)15-5-7-19(17,18)8-6-15/h3-4,9-10H,5-8H2,1-2H3. The van der Waals surface area contributed by atoms with Crippen LogP contribution < -0.4 is 0 Å². The van der Waals surface area contributed by atoms with E-state index in [-0.39, 0.29) is 30.5 Å². The lowest BCUT2D eigenvalue weighted by atomic mass is 10.1. The van der Waals surface area contributed by atoms with Gasteiger partial charge in [0.15, 0.2) is 9.84 Å². The highest BCUT2D eigenvalue weighted by Gasteiger charge is 2.25. The van der Waals surface area contributed by atoms with Crippen molar-refractivity contribution < 1.29 is 13.2 Å². The summed E-state index contributed by atoms with van der Waals surface area (Å²) in [5, 5.41) is 0. The van der Waals surface area contributed by atoms with E-state index >= 15 is 0 Å². The molecule has 1 aliphatic rings. The molecule has 1 saturated heterocycles. The number of amides is 1. The van der Waals surface area contributed by atoms with Crippen molar-refractivity contribution in [3.05, 3.63) is 29.6 Å². The van der Waals surface area contributed by atoms with E-state index in [9.17, 15) is 13.2 Å². The van der Waals surface area contributed by atoms with Gasteiger partial charge in [-0.1, -0.05) is 13.8 Å². The summed E-state index contributed by atoms with van der Waals surface area (Å²) in [4.78, 5) is 18.0. The Morgan fingerprint density at radius 2 is 1.89 bits per heavy atom. The molecular weight excluding hydrogens is 264 g/mol. The monoisotopic (exact) mass is 282 g/mol. The van der Waals surface area contributed by atoms with Crippen LogP contribution in [0.5, 0.6) is 0 Å². The van der Waals surface area contributed by atoms with Crippen molar-refractivity contribution in [3.63, 3.8) is 0 Å². The van der Waals surface area contributed by atoms with Gasteiger partial charge in [-0.3, -0.25) is 9.78 Å².